The van der Waals surface area contributed by atoms with E-state index in [2.05, 4.69) is 0 Å². The summed E-state index contributed by atoms with van der Waals surface area (Å²) in [6, 6.07) is 0. The van der Waals surface area contributed by atoms with Crippen molar-refractivity contribution in [3.05, 3.63) is 0 Å². The monoisotopic (exact) mass is 157 g/mol. The summed E-state index contributed by atoms with van der Waals surface area (Å²) in [5, 5.41) is 10.0. The van der Waals surface area contributed by atoms with Crippen LogP contribution in [0.5, 0.6) is 0 Å². The average Bonchev–Trinajstić information content (AvgIpc) is 2.32. The van der Waals surface area contributed by atoms with Crippen LogP contribution in [-0.2, 0) is 4.74 Å². The molecular formula is C8H15NO2. The van der Waals surface area contributed by atoms with Gasteiger partial charge < -0.3 is 15.6 Å². The zero-order chi connectivity index (χ0) is 7.95. The normalized spacial score (nSPS) is 42.0. The van der Waals surface area contributed by atoms with Crippen LogP contribution in [0.1, 0.15) is 25.7 Å². The Bertz CT molecular complexity index is 159. The predicted molar refractivity (Wildman–Crippen MR) is 41.2 cm³/mol. The molecule has 1 saturated carbocycles. The van der Waals surface area contributed by atoms with E-state index in [1.165, 1.54) is 0 Å². The molecule has 1 aliphatic carbocycles. The summed E-state index contributed by atoms with van der Waals surface area (Å²) < 4.78 is 5.15. The SMILES string of the molecule is NC1(C2(O)CCOC2)CCC1. The third kappa shape index (κ3) is 0.916. The van der Waals surface area contributed by atoms with Gasteiger partial charge in [-0.3, -0.25) is 0 Å². The van der Waals surface area contributed by atoms with E-state index in [1.54, 1.807) is 0 Å². The van der Waals surface area contributed by atoms with Crippen LogP contribution < -0.4 is 5.73 Å². The molecule has 0 aromatic rings. The number of hydrogen-bond acceptors (Lipinski definition) is 3. The maximum Gasteiger partial charge on any atom is 0.108 e. The van der Waals surface area contributed by atoms with E-state index >= 15 is 0 Å². The second kappa shape index (κ2) is 2.19. The van der Waals surface area contributed by atoms with Crippen molar-refractivity contribution in [3.8, 4) is 0 Å². The van der Waals surface area contributed by atoms with Crippen LogP contribution >= 0.6 is 0 Å². The summed E-state index contributed by atoms with van der Waals surface area (Å²) in [6.07, 6.45) is 3.77. The number of rotatable bonds is 1. The Morgan fingerprint density at radius 3 is 2.36 bits per heavy atom. The fraction of sp³-hybridized carbons (Fsp3) is 1.00. The first kappa shape index (κ1) is 7.53. The van der Waals surface area contributed by atoms with Gasteiger partial charge in [0.2, 0.25) is 0 Å². The fourth-order valence-electron chi connectivity index (χ4n) is 1.97. The molecule has 2 rings (SSSR count). The van der Waals surface area contributed by atoms with Crippen LogP contribution in [0.3, 0.4) is 0 Å². The van der Waals surface area contributed by atoms with E-state index in [-0.39, 0.29) is 5.54 Å². The van der Waals surface area contributed by atoms with E-state index < -0.39 is 5.60 Å². The highest BCUT2D eigenvalue weighted by Gasteiger charge is 2.53. The molecule has 1 unspecified atom stereocenters. The Hall–Kier alpha value is -0.120. The number of aliphatic hydroxyl groups is 1. The van der Waals surface area contributed by atoms with Crippen molar-refractivity contribution in [2.45, 2.75) is 36.8 Å². The van der Waals surface area contributed by atoms with Gasteiger partial charge in [0.05, 0.1) is 6.61 Å². The molecule has 2 fully saturated rings. The van der Waals surface area contributed by atoms with Gasteiger partial charge in [0.25, 0.3) is 0 Å². The molecule has 0 amide bonds. The van der Waals surface area contributed by atoms with E-state index in [9.17, 15) is 5.11 Å². The van der Waals surface area contributed by atoms with Crippen molar-refractivity contribution >= 4 is 0 Å². The molecule has 3 nitrogen and oxygen atoms in total. The third-order valence-corrected chi connectivity index (χ3v) is 3.17. The largest absolute Gasteiger partial charge is 0.385 e. The summed E-state index contributed by atoms with van der Waals surface area (Å²) >= 11 is 0. The van der Waals surface area contributed by atoms with Gasteiger partial charge in [-0.1, -0.05) is 0 Å². The summed E-state index contributed by atoms with van der Waals surface area (Å²) in [5.74, 6) is 0. The number of nitrogens with two attached hydrogens (primary N) is 1. The van der Waals surface area contributed by atoms with Gasteiger partial charge in [0, 0.05) is 18.6 Å². The molecule has 0 aromatic carbocycles. The van der Waals surface area contributed by atoms with Gasteiger partial charge in [-0.05, 0) is 19.3 Å². The average molecular weight is 157 g/mol. The Morgan fingerprint density at radius 1 is 1.27 bits per heavy atom. The lowest BCUT2D eigenvalue weighted by Gasteiger charge is -2.48. The molecule has 1 saturated heterocycles. The van der Waals surface area contributed by atoms with E-state index in [1.807, 2.05) is 0 Å². The second-order valence-corrected chi connectivity index (χ2v) is 3.84. The lowest BCUT2D eigenvalue weighted by atomic mass is 9.66. The molecule has 3 N–H and O–H groups in total. The van der Waals surface area contributed by atoms with Crippen LogP contribution in [0, 0.1) is 0 Å². The smallest absolute Gasteiger partial charge is 0.108 e. The molecule has 0 radical (unpaired) electrons. The molecule has 3 heteroatoms. The minimum absolute atomic E-state index is 0.330. The highest BCUT2D eigenvalue weighted by atomic mass is 16.5. The summed E-state index contributed by atoms with van der Waals surface area (Å²) in [4.78, 5) is 0. The van der Waals surface area contributed by atoms with Crippen LogP contribution in [0.2, 0.25) is 0 Å². The van der Waals surface area contributed by atoms with Crippen molar-refractivity contribution in [2.75, 3.05) is 13.2 Å². The lowest BCUT2D eigenvalue weighted by Crippen LogP contribution is -2.65. The summed E-state index contributed by atoms with van der Waals surface area (Å²) in [7, 11) is 0. The third-order valence-electron chi connectivity index (χ3n) is 3.17. The maximum absolute atomic E-state index is 10.0. The molecule has 1 aliphatic heterocycles. The minimum atomic E-state index is -0.717. The Labute approximate surface area is 66.5 Å². The Morgan fingerprint density at radius 2 is 2.00 bits per heavy atom. The maximum atomic E-state index is 10.0. The zero-order valence-corrected chi connectivity index (χ0v) is 6.68. The summed E-state index contributed by atoms with van der Waals surface area (Å²) in [5.41, 5.74) is 4.97. The highest BCUT2D eigenvalue weighted by Crippen LogP contribution is 2.42. The lowest BCUT2D eigenvalue weighted by molar-refractivity contribution is -0.0723. The first-order valence-corrected chi connectivity index (χ1v) is 4.25. The van der Waals surface area contributed by atoms with Gasteiger partial charge in [0.1, 0.15) is 5.60 Å². The van der Waals surface area contributed by atoms with E-state index in [0.29, 0.717) is 19.6 Å². The zero-order valence-electron chi connectivity index (χ0n) is 6.68. The first-order valence-electron chi connectivity index (χ1n) is 4.25. The van der Waals surface area contributed by atoms with Gasteiger partial charge in [-0.2, -0.15) is 0 Å². The van der Waals surface area contributed by atoms with Gasteiger partial charge in [-0.25, -0.2) is 0 Å². The van der Waals surface area contributed by atoms with Crippen molar-refractivity contribution < 1.29 is 9.84 Å². The second-order valence-electron chi connectivity index (χ2n) is 3.84. The van der Waals surface area contributed by atoms with Crippen LogP contribution in [0.4, 0.5) is 0 Å². The standard InChI is InChI=1S/C8H15NO2/c9-7(2-1-3-7)8(10)4-5-11-6-8/h10H,1-6,9H2. The minimum Gasteiger partial charge on any atom is -0.385 e. The van der Waals surface area contributed by atoms with Gasteiger partial charge >= 0.3 is 0 Å². The summed E-state index contributed by atoms with van der Waals surface area (Å²) in [6.45, 7) is 1.10. The molecule has 64 valence electrons. The molecule has 11 heavy (non-hydrogen) atoms. The van der Waals surface area contributed by atoms with Crippen LogP contribution in [-0.4, -0.2) is 29.5 Å². The van der Waals surface area contributed by atoms with Crippen LogP contribution in [0.25, 0.3) is 0 Å². The molecular weight excluding hydrogens is 142 g/mol. The Balaban J connectivity index is 2.11. The molecule has 0 aromatic heterocycles. The van der Waals surface area contributed by atoms with Crippen molar-refractivity contribution in [1.29, 1.82) is 0 Å². The van der Waals surface area contributed by atoms with Crippen molar-refractivity contribution in [1.82, 2.24) is 0 Å². The quantitative estimate of drug-likeness (QED) is 0.564. The Kier molecular flexibility index (Phi) is 1.50. The highest BCUT2D eigenvalue weighted by molar-refractivity contribution is 5.10. The molecule has 1 heterocycles. The van der Waals surface area contributed by atoms with Crippen LogP contribution in [0.15, 0.2) is 0 Å². The van der Waals surface area contributed by atoms with Crippen molar-refractivity contribution in [2.24, 2.45) is 5.73 Å². The molecule has 2 aliphatic rings. The van der Waals surface area contributed by atoms with Gasteiger partial charge in [0.15, 0.2) is 0 Å². The molecule has 0 bridgehead atoms. The van der Waals surface area contributed by atoms with Gasteiger partial charge in [-0.15, -0.1) is 0 Å². The predicted octanol–water partition coefficient (Wildman–Crippen LogP) is 0.0192. The molecule has 1 atom stereocenters. The first-order chi connectivity index (χ1) is 5.16. The topological polar surface area (TPSA) is 55.5 Å². The number of hydrogen-bond donors (Lipinski definition) is 2. The molecule has 0 spiro atoms. The number of ether oxygens (including phenoxy) is 1. The van der Waals surface area contributed by atoms with Crippen molar-refractivity contribution in [3.63, 3.8) is 0 Å². The fourth-order valence-corrected chi connectivity index (χ4v) is 1.97. The van der Waals surface area contributed by atoms with E-state index in [4.69, 9.17) is 10.5 Å². The van der Waals surface area contributed by atoms with E-state index in [0.717, 1.165) is 19.3 Å².